The van der Waals surface area contributed by atoms with Crippen molar-refractivity contribution in [3.63, 3.8) is 0 Å². The van der Waals surface area contributed by atoms with Gasteiger partial charge in [0.2, 0.25) is 5.95 Å². The van der Waals surface area contributed by atoms with Crippen molar-refractivity contribution >= 4 is 35.1 Å². The molecule has 0 saturated heterocycles. The van der Waals surface area contributed by atoms with Gasteiger partial charge in [0, 0.05) is 12.7 Å². The van der Waals surface area contributed by atoms with E-state index >= 15 is 0 Å². The van der Waals surface area contributed by atoms with Gasteiger partial charge >= 0.3 is 12.1 Å². The fourth-order valence-electron chi connectivity index (χ4n) is 1.67. The number of aromatic carboxylic acids is 1. The van der Waals surface area contributed by atoms with Crippen molar-refractivity contribution in [3.05, 3.63) is 51.3 Å². The van der Waals surface area contributed by atoms with Gasteiger partial charge in [0.1, 0.15) is 5.56 Å². The molecule has 0 aliphatic heterocycles. The highest BCUT2D eigenvalue weighted by Crippen LogP contribution is 2.31. The number of rotatable bonds is 4. The van der Waals surface area contributed by atoms with Crippen LogP contribution in [0.2, 0.25) is 10.0 Å². The molecule has 0 amide bonds. The van der Waals surface area contributed by atoms with Crippen LogP contribution >= 0.6 is 23.2 Å². The van der Waals surface area contributed by atoms with Crippen LogP contribution in [0.4, 0.5) is 19.1 Å². The second-order valence-corrected chi connectivity index (χ2v) is 5.18. The van der Waals surface area contributed by atoms with Crippen LogP contribution in [0.5, 0.6) is 0 Å². The second-order valence-electron chi connectivity index (χ2n) is 4.36. The lowest BCUT2D eigenvalue weighted by Gasteiger charge is -2.11. The summed E-state index contributed by atoms with van der Waals surface area (Å²) >= 11 is 11.6. The number of alkyl halides is 3. The minimum atomic E-state index is -4.91. The minimum absolute atomic E-state index is 0.0839. The van der Waals surface area contributed by atoms with E-state index in [4.69, 9.17) is 28.3 Å². The fourth-order valence-corrected chi connectivity index (χ4v) is 1.99. The number of hydrogen-bond donors (Lipinski definition) is 2. The lowest BCUT2D eigenvalue weighted by molar-refractivity contribution is -0.141. The van der Waals surface area contributed by atoms with Crippen LogP contribution in [0.15, 0.2) is 24.4 Å². The first-order valence-corrected chi connectivity index (χ1v) is 6.79. The number of nitrogens with zero attached hydrogens (tertiary/aromatic N) is 2. The zero-order chi connectivity index (χ0) is 17.2. The Morgan fingerprint density at radius 2 is 1.96 bits per heavy atom. The molecule has 0 fully saturated rings. The summed E-state index contributed by atoms with van der Waals surface area (Å²) in [5.74, 6) is -2.11. The third kappa shape index (κ3) is 4.23. The van der Waals surface area contributed by atoms with Crippen LogP contribution in [-0.4, -0.2) is 21.0 Å². The molecule has 5 nitrogen and oxygen atoms in total. The second kappa shape index (κ2) is 6.59. The maximum absolute atomic E-state index is 12.8. The number of halogens is 5. The maximum atomic E-state index is 12.8. The minimum Gasteiger partial charge on any atom is -0.478 e. The summed E-state index contributed by atoms with van der Waals surface area (Å²) in [4.78, 5) is 17.6. The number of carbonyl (C=O) groups is 1. The van der Waals surface area contributed by atoms with Crippen LogP contribution in [0.1, 0.15) is 21.6 Å². The summed E-state index contributed by atoms with van der Waals surface area (Å²) in [6, 6.07) is 4.70. The fraction of sp³-hybridized carbons (Fsp3) is 0.154. The van der Waals surface area contributed by atoms with Crippen LogP contribution in [0.25, 0.3) is 0 Å². The molecule has 2 rings (SSSR count). The van der Waals surface area contributed by atoms with Crippen LogP contribution in [0, 0.1) is 0 Å². The highest BCUT2D eigenvalue weighted by atomic mass is 35.5. The van der Waals surface area contributed by atoms with Gasteiger partial charge in [-0.05, 0) is 17.7 Å². The van der Waals surface area contributed by atoms with E-state index in [1.807, 2.05) is 0 Å². The van der Waals surface area contributed by atoms with Gasteiger partial charge in [-0.15, -0.1) is 0 Å². The molecule has 0 spiro atoms. The number of hydrogen-bond acceptors (Lipinski definition) is 4. The molecule has 0 aliphatic carbocycles. The molecular formula is C13H8Cl2F3N3O2. The molecule has 23 heavy (non-hydrogen) atoms. The number of anilines is 1. The van der Waals surface area contributed by atoms with Gasteiger partial charge in [0.25, 0.3) is 0 Å². The van der Waals surface area contributed by atoms with Crippen molar-refractivity contribution in [3.8, 4) is 0 Å². The Morgan fingerprint density at radius 3 is 2.52 bits per heavy atom. The lowest BCUT2D eigenvalue weighted by atomic mass is 10.2. The van der Waals surface area contributed by atoms with Crippen LogP contribution in [-0.2, 0) is 12.7 Å². The Balaban J connectivity index is 2.23. The van der Waals surface area contributed by atoms with E-state index in [0.717, 1.165) is 0 Å². The van der Waals surface area contributed by atoms with Crippen molar-refractivity contribution in [1.29, 1.82) is 0 Å². The van der Waals surface area contributed by atoms with Crippen molar-refractivity contribution in [2.45, 2.75) is 12.7 Å². The van der Waals surface area contributed by atoms with E-state index in [1.54, 1.807) is 6.07 Å². The molecule has 0 atom stereocenters. The van der Waals surface area contributed by atoms with E-state index in [0.29, 0.717) is 21.8 Å². The largest absolute Gasteiger partial charge is 0.478 e. The molecule has 0 unspecified atom stereocenters. The molecule has 0 bridgehead atoms. The monoisotopic (exact) mass is 365 g/mol. The topological polar surface area (TPSA) is 75.1 Å². The number of nitrogens with one attached hydrogen (secondary N) is 1. The van der Waals surface area contributed by atoms with E-state index in [-0.39, 0.29) is 12.5 Å². The number of aromatic nitrogens is 2. The average Bonchev–Trinajstić information content (AvgIpc) is 2.47. The normalized spacial score (nSPS) is 11.3. The molecule has 1 aromatic carbocycles. The summed E-state index contributed by atoms with van der Waals surface area (Å²) in [6.45, 7) is 0.0839. The van der Waals surface area contributed by atoms with E-state index in [1.165, 1.54) is 12.1 Å². The smallest absolute Gasteiger partial charge is 0.434 e. The molecule has 1 heterocycles. The molecular weight excluding hydrogens is 358 g/mol. The summed E-state index contributed by atoms with van der Waals surface area (Å²) in [7, 11) is 0. The zero-order valence-corrected chi connectivity index (χ0v) is 12.7. The predicted molar refractivity (Wildman–Crippen MR) is 77.8 cm³/mol. The summed E-state index contributed by atoms with van der Waals surface area (Å²) in [5.41, 5.74) is -1.90. The SMILES string of the molecule is O=C(O)c1cnc(NCc2ccc(Cl)c(Cl)c2)nc1C(F)(F)F. The van der Waals surface area contributed by atoms with Crippen molar-refractivity contribution < 1.29 is 23.1 Å². The van der Waals surface area contributed by atoms with Crippen LogP contribution in [0.3, 0.4) is 0 Å². The van der Waals surface area contributed by atoms with Gasteiger partial charge in [0.15, 0.2) is 5.69 Å². The Morgan fingerprint density at radius 1 is 1.26 bits per heavy atom. The summed E-state index contributed by atoms with van der Waals surface area (Å²) < 4.78 is 38.5. The zero-order valence-electron chi connectivity index (χ0n) is 11.2. The van der Waals surface area contributed by atoms with E-state index in [9.17, 15) is 18.0 Å². The highest BCUT2D eigenvalue weighted by Gasteiger charge is 2.38. The van der Waals surface area contributed by atoms with Crippen LogP contribution < -0.4 is 5.32 Å². The van der Waals surface area contributed by atoms with Gasteiger partial charge in [-0.2, -0.15) is 13.2 Å². The first-order valence-electron chi connectivity index (χ1n) is 6.04. The number of carboxylic acids is 1. The molecule has 1 aromatic heterocycles. The summed E-state index contributed by atoms with van der Waals surface area (Å²) in [6.07, 6.45) is -4.30. The summed E-state index contributed by atoms with van der Waals surface area (Å²) in [5, 5.41) is 12.0. The third-order valence-electron chi connectivity index (χ3n) is 2.72. The average molecular weight is 366 g/mol. The molecule has 2 aromatic rings. The lowest BCUT2D eigenvalue weighted by Crippen LogP contribution is -2.18. The molecule has 0 saturated carbocycles. The Bertz CT molecular complexity index is 754. The number of benzene rings is 1. The Labute approximate surface area is 138 Å². The Kier molecular flexibility index (Phi) is 4.96. The van der Waals surface area contributed by atoms with E-state index in [2.05, 4.69) is 15.3 Å². The third-order valence-corrected chi connectivity index (χ3v) is 3.46. The first kappa shape index (κ1) is 17.3. The molecule has 0 aliphatic rings. The molecule has 10 heteroatoms. The molecule has 2 N–H and O–H groups in total. The van der Waals surface area contributed by atoms with Crippen molar-refractivity contribution in [1.82, 2.24) is 9.97 Å². The van der Waals surface area contributed by atoms with Gasteiger partial charge in [-0.3, -0.25) is 0 Å². The highest BCUT2D eigenvalue weighted by molar-refractivity contribution is 6.42. The maximum Gasteiger partial charge on any atom is 0.434 e. The van der Waals surface area contributed by atoms with Gasteiger partial charge < -0.3 is 10.4 Å². The number of carboxylic acid groups (broad SMARTS) is 1. The first-order chi connectivity index (χ1) is 10.7. The molecule has 122 valence electrons. The quantitative estimate of drug-likeness (QED) is 0.852. The van der Waals surface area contributed by atoms with Crippen molar-refractivity contribution in [2.24, 2.45) is 0 Å². The van der Waals surface area contributed by atoms with E-state index < -0.39 is 23.4 Å². The molecule has 0 radical (unpaired) electrons. The van der Waals surface area contributed by atoms with Gasteiger partial charge in [-0.25, -0.2) is 14.8 Å². The predicted octanol–water partition coefficient (Wildman–Crippen LogP) is 4.11. The van der Waals surface area contributed by atoms with Crippen molar-refractivity contribution in [2.75, 3.05) is 5.32 Å². The Hall–Kier alpha value is -2.06. The van der Waals surface area contributed by atoms with Gasteiger partial charge in [-0.1, -0.05) is 29.3 Å². The van der Waals surface area contributed by atoms with Gasteiger partial charge in [0.05, 0.1) is 10.0 Å². The standard InChI is InChI=1S/C13H8Cl2F3N3O2/c14-8-2-1-6(3-9(8)15)4-19-12-20-5-7(11(22)23)10(21-12)13(16,17)18/h1-3,5H,4H2,(H,22,23)(H,19,20,21).